The molecule has 4 nitrogen and oxygen atoms in total. The van der Waals surface area contributed by atoms with Crippen molar-refractivity contribution in [2.75, 3.05) is 6.61 Å². The summed E-state index contributed by atoms with van der Waals surface area (Å²) in [4.78, 5) is 11.7. The lowest BCUT2D eigenvalue weighted by Crippen LogP contribution is -2.24. The van der Waals surface area contributed by atoms with Gasteiger partial charge in [-0.15, -0.1) is 6.58 Å². The monoisotopic (exact) mass is 328 g/mol. The number of hydrogen-bond donors (Lipinski definition) is 1. The first-order chi connectivity index (χ1) is 11.2. The predicted molar refractivity (Wildman–Crippen MR) is 93.0 cm³/mol. The Kier molecular flexibility index (Phi) is 6.39. The molecule has 0 unspecified atom stereocenters. The van der Waals surface area contributed by atoms with Crippen LogP contribution in [0.25, 0.3) is 0 Å². The summed E-state index contributed by atoms with van der Waals surface area (Å²) in [6.45, 7) is 3.59. The molecule has 118 valence electrons. The Bertz CT molecular complexity index is 714. The standard InChI is InChI=1S/C18H17ClN2O2/c1-2-6-15-8-3-4-10-17(15)23-13-18(22)21-20-12-14-7-5-9-16(19)11-14/h2-5,7-12H,1,6,13H2,(H,21,22)/b20-12+. The normalized spacial score (nSPS) is 10.5. The van der Waals surface area contributed by atoms with E-state index in [1.165, 1.54) is 6.21 Å². The van der Waals surface area contributed by atoms with E-state index in [0.717, 1.165) is 11.1 Å². The second-order valence-corrected chi connectivity index (χ2v) is 5.17. The highest BCUT2D eigenvalue weighted by Crippen LogP contribution is 2.18. The van der Waals surface area contributed by atoms with Gasteiger partial charge < -0.3 is 4.74 Å². The summed E-state index contributed by atoms with van der Waals surface area (Å²) in [5.74, 6) is 0.332. The van der Waals surface area contributed by atoms with E-state index in [1.807, 2.05) is 36.4 Å². The first-order valence-corrected chi connectivity index (χ1v) is 7.46. The molecule has 0 spiro atoms. The number of nitrogens with one attached hydrogen (secondary N) is 1. The van der Waals surface area contributed by atoms with Crippen molar-refractivity contribution in [3.63, 3.8) is 0 Å². The van der Waals surface area contributed by atoms with Gasteiger partial charge in [0.25, 0.3) is 5.91 Å². The number of benzene rings is 2. The van der Waals surface area contributed by atoms with Crippen molar-refractivity contribution in [3.8, 4) is 5.75 Å². The molecule has 0 bridgehead atoms. The van der Waals surface area contributed by atoms with Gasteiger partial charge in [0.15, 0.2) is 6.61 Å². The zero-order valence-corrected chi connectivity index (χ0v) is 13.3. The molecule has 0 saturated heterocycles. The van der Waals surface area contributed by atoms with Crippen LogP contribution in [0.15, 0.2) is 66.3 Å². The van der Waals surface area contributed by atoms with E-state index in [-0.39, 0.29) is 12.5 Å². The van der Waals surface area contributed by atoms with Crippen LogP contribution >= 0.6 is 11.6 Å². The number of allylic oxidation sites excluding steroid dienone is 1. The Labute approximate surface area is 140 Å². The fraction of sp³-hybridized carbons (Fsp3) is 0.111. The topological polar surface area (TPSA) is 50.7 Å². The molecule has 0 aromatic heterocycles. The number of amides is 1. The third-order valence-corrected chi connectivity index (χ3v) is 3.18. The van der Waals surface area contributed by atoms with Crippen LogP contribution in [-0.2, 0) is 11.2 Å². The number of halogens is 1. The molecule has 0 radical (unpaired) electrons. The molecular formula is C18H17ClN2O2. The Hall–Kier alpha value is -2.59. The summed E-state index contributed by atoms with van der Waals surface area (Å²) in [5.41, 5.74) is 4.20. The smallest absolute Gasteiger partial charge is 0.277 e. The maximum atomic E-state index is 11.7. The van der Waals surface area contributed by atoms with Gasteiger partial charge in [-0.2, -0.15) is 5.10 Å². The number of ether oxygens (including phenoxy) is 1. The Morgan fingerprint density at radius 2 is 2.09 bits per heavy atom. The average Bonchev–Trinajstić information content (AvgIpc) is 2.54. The summed E-state index contributed by atoms with van der Waals surface area (Å²) in [5, 5.41) is 4.49. The fourth-order valence-corrected chi connectivity index (χ4v) is 2.11. The minimum absolute atomic E-state index is 0.110. The quantitative estimate of drug-likeness (QED) is 0.479. The van der Waals surface area contributed by atoms with E-state index in [1.54, 1.807) is 18.2 Å². The molecule has 0 saturated carbocycles. The van der Waals surface area contributed by atoms with Crippen molar-refractivity contribution in [1.82, 2.24) is 5.43 Å². The summed E-state index contributed by atoms with van der Waals surface area (Å²) in [6.07, 6.45) is 4.00. The van der Waals surface area contributed by atoms with E-state index < -0.39 is 0 Å². The van der Waals surface area contributed by atoms with Crippen LogP contribution in [-0.4, -0.2) is 18.7 Å². The van der Waals surface area contributed by atoms with E-state index in [4.69, 9.17) is 16.3 Å². The Morgan fingerprint density at radius 1 is 1.26 bits per heavy atom. The van der Waals surface area contributed by atoms with Crippen LogP contribution < -0.4 is 10.2 Å². The minimum atomic E-state index is -0.336. The van der Waals surface area contributed by atoms with Gasteiger partial charge >= 0.3 is 0 Å². The van der Waals surface area contributed by atoms with Crippen LogP contribution in [0.1, 0.15) is 11.1 Å². The van der Waals surface area contributed by atoms with E-state index in [0.29, 0.717) is 17.2 Å². The molecule has 0 aliphatic heterocycles. The molecule has 0 aliphatic carbocycles. The van der Waals surface area contributed by atoms with Crippen LogP contribution in [0.4, 0.5) is 0 Å². The first kappa shape index (κ1) is 16.8. The van der Waals surface area contributed by atoms with Crippen LogP contribution in [0.5, 0.6) is 5.75 Å². The number of hydrogen-bond acceptors (Lipinski definition) is 3. The van der Waals surface area contributed by atoms with Crippen LogP contribution in [0, 0.1) is 0 Å². The van der Waals surface area contributed by atoms with Gasteiger partial charge in [0.1, 0.15) is 5.75 Å². The number of para-hydroxylation sites is 1. The van der Waals surface area contributed by atoms with Gasteiger partial charge in [-0.1, -0.05) is 48.0 Å². The number of nitrogens with zero attached hydrogens (tertiary/aromatic N) is 1. The molecule has 1 amide bonds. The fourth-order valence-electron chi connectivity index (χ4n) is 1.91. The van der Waals surface area contributed by atoms with Crippen molar-refractivity contribution in [1.29, 1.82) is 0 Å². The van der Waals surface area contributed by atoms with Gasteiger partial charge in [-0.05, 0) is 35.7 Å². The third kappa shape index (κ3) is 5.60. The lowest BCUT2D eigenvalue weighted by molar-refractivity contribution is -0.123. The largest absolute Gasteiger partial charge is 0.483 e. The molecule has 1 N–H and O–H groups in total. The number of hydrazone groups is 1. The van der Waals surface area contributed by atoms with Crippen LogP contribution in [0.3, 0.4) is 0 Å². The average molecular weight is 329 g/mol. The van der Waals surface area contributed by atoms with Gasteiger partial charge in [0.05, 0.1) is 6.21 Å². The zero-order valence-electron chi connectivity index (χ0n) is 12.5. The molecule has 2 rings (SSSR count). The van der Waals surface area contributed by atoms with E-state index in [2.05, 4.69) is 17.1 Å². The zero-order chi connectivity index (χ0) is 16.5. The highest BCUT2D eigenvalue weighted by Gasteiger charge is 2.05. The second-order valence-electron chi connectivity index (χ2n) is 4.74. The first-order valence-electron chi connectivity index (χ1n) is 7.08. The summed E-state index contributed by atoms with van der Waals surface area (Å²) >= 11 is 5.87. The maximum absolute atomic E-state index is 11.7. The third-order valence-electron chi connectivity index (χ3n) is 2.95. The SMILES string of the molecule is C=CCc1ccccc1OCC(=O)N/N=C/c1cccc(Cl)c1. The van der Waals surface area contributed by atoms with E-state index >= 15 is 0 Å². The highest BCUT2D eigenvalue weighted by atomic mass is 35.5. The molecule has 0 aliphatic rings. The predicted octanol–water partition coefficient (Wildman–Crippen LogP) is 3.60. The van der Waals surface area contributed by atoms with Crippen molar-refractivity contribution in [2.24, 2.45) is 5.10 Å². The number of carbonyl (C=O) groups is 1. The Morgan fingerprint density at radius 3 is 2.87 bits per heavy atom. The van der Waals surface area contributed by atoms with Crippen molar-refractivity contribution in [3.05, 3.63) is 77.3 Å². The second kappa shape index (κ2) is 8.76. The van der Waals surface area contributed by atoms with E-state index in [9.17, 15) is 4.79 Å². The van der Waals surface area contributed by atoms with Gasteiger partial charge in [0.2, 0.25) is 0 Å². The maximum Gasteiger partial charge on any atom is 0.277 e. The minimum Gasteiger partial charge on any atom is -0.483 e. The van der Waals surface area contributed by atoms with Gasteiger partial charge in [0, 0.05) is 5.02 Å². The summed E-state index contributed by atoms with van der Waals surface area (Å²) in [6, 6.07) is 14.7. The molecule has 0 fully saturated rings. The summed E-state index contributed by atoms with van der Waals surface area (Å²) < 4.78 is 5.52. The molecule has 2 aromatic rings. The Balaban J connectivity index is 1.85. The van der Waals surface area contributed by atoms with Crippen LogP contribution in [0.2, 0.25) is 5.02 Å². The number of rotatable bonds is 7. The molecule has 23 heavy (non-hydrogen) atoms. The molecule has 0 atom stereocenters. The van der Waals surface area contributed by atoms with Crippen molar-refractivity contribution < 1.29 is 9.53 Å². The summed E-state index contributed by atoms with van der Waals surface area (Å²) in [7, 11) is 0. The molecular weight excluding hydrogens is 312 g/mol. The number of carbonyl (C=O) groups excluding carboxylic acids is 1. The lowest BCUT2D eigenvalue weighted by atomic mass is 10.1. The highest BCUT2D eigenvalue weighted by molar-refractivity contribution is 6.30. The van der Waals surface area contributed by atoms with Gasteiger partial charge in [-0.3, -0.25) is 4.79 Å². The molecule has 2 aromatic carbocycles. The van der Waals surface area contributed by atoms with Crippen molar-refractivity contribution >= 4 is 23.7 Å². The van der Waals surface area contributed by atoms with Crippen molar-refractivity contribution in [2.45, 2.75) is 6.42 Å². The molecule has 5 heteroatoms. The lowest BCUT2D eigenvalue weighted by Gasteiger charge is -2.09. The van der Waals surface area contributed by atoms with Gasteiger partial charge in [-0.25, -0.2) is 5.43 Å². The molecule has 0 heterocycles.